The molecule has 2 rings (SSSR count). The average Bonchev–Trinajstić information content (AvgIpc) is 2.71. The fourth-order valence-corrected chi connectivity index (χ4v) is 3.00. The number of hydrogen-bond donors (Lipinski definition) is 1. The van der Waals surface area contributed by atoms with Crippen LogP contribution in [0, 0.1) is 0 Å². The van der Waals surface area contributed by atoms with E-state index in [0.717, 1.165) is 35.5 Å². The fraction of sp³-hybridized carbons (Fsp3) is 0.409. The van der Waals surface area contributed by atoms with Crippen LogP contribution in [0.15, 0.2) is 36.4 Å². The van der Waals surface area contributed by atoms with Crippen LogP contribution >= 0.6 is 0 Å². The van der Waals surface area contributed by atoms with Gasteiger partial charge in [0.1, 0.15) is 11.5 Å². The molecule has 0 aliphatic carbocycles. The number of hydrogen-bond acceptors (Lipinski definition) is 5. The Morgan fingerprint density at radius 3 is 2.25 bits per heavy atom. The largest absolute Gasteiger partial charge is 0.497 e. The molecule has 0 aromatic heterocycles. The van der Waals surface area contributed by atoms with Crippen LogP contribution in [0.3, 0.4) is 0 Å². The van der Waals surface area contributed by atoms with Crippen molar-refractivity contribution in [3.05, 3.63) is 47.5 Å². The lowest BCUT2D eigenvalue weighted by Gasteiger charge is -2.16. The van der Waals surface area contributed by atoms with E-state index in [4.69, 9.17) is 18.9 Å². The Hall–Kier alpha value is -2.89. The van der Waals surface area contributed by atoms with E-state index < -0.39 is 0 Å². The summed E-state index contributed by atoms with van der Waals surface area (Å²) < 4.78 is 21.2. The lowest BCUT2D eigenvalue weighted by molar-refractivity contribution is -0.121. The van der Waals surface area contributed by atoms with Crippen LogP contribution in [0.4, 0.5) is 0 Å². The van der Waals surface area contributed by atoms with Crippen molar-refractivity contribution in [1.29, 1.82) is 0 Å². The second-order valence-corrected chi connectivity index (χ2v) is 6.55. The summed E-state index contributed by atoms with van der Waals surface area (Å²) in [5, 5.41) is 3.05. The van der Waals surface area contributed by atoms with Crippen molar-refractivity contribution in [1.82, 2.24) is 5.32 Å². The standard InChI is InChI=1S/C22H29NO5/c1-15(6-8-17-9-10-18(25-2)14-20(17)27-4)23-22(24)13-16-7-11-19(26-3)21(12-16)28-5/h7,9-12,14-15H,6,8,13H2,1-5H3,(H,23,24)/t15-/m0/s1. The SMILES string of the molecule is COc1ccc(CC[C@H](C)NC(=O)Cc2ccc(OC)c(OC)c2)c(OC)c1. The van der Waals surface area contributed by atoms with Crippen molar-refractivity contribution in [3.8, 4) is 23.0 Å². The molecule has 0 aliphatic rings. The van der Waals surface area contributed by atoms with Crippen molar-refractivity contribution < 1.29 is 23.7 Å². The lowest BCUT2D eigenvalue weighted by atomic mass is 10.0. The minimum Gasteiger partial charge on any atom is -0.497 e. The molecule has 0 fully saturated rings. The molecule has 0 radical (unpaired) electrons. The molecular formula is C22H29NO5. The normalized spacial score (nSPS) is 11.5. The maximum Gasteiger partial charge on any atom is 0.224 e. The van der Waals surface area contributed by atoms with E-state index >= 15 is 0 Å². The number of methoxy groups -OCH3 is 4. The maximum absolute atomic E-state index is 12.4. The van der Waals surface area contributed by atoms with Crippen molar-refractivity contribution in [2.45, 2.75) is 32.2 Å². The topological polar surface area (TPSA) is 66.0 Å². The van der Waals surface area contributed by atoms with Crippen LogP contribution in [-0.4, -0.2) is 40.4 Å². The van der Waals surface area contributed by atoms with Gasteiger partial charge in [-0.05, 0) is 49.1 Å². The third kappa shape index (κ3) is 5.81. The molecule has 0 unspecified atom stereocenters. The summed E-state index contributed by atoms with van der Waals surface area (Å²) in [7, 11) is 6.44. The molecule has 0 heterocycles. The van der Waals surface area contributed by atoms with Gasteiger partial charge in [-0.2, -0.15) is 0 Å². The number of benzene rings is 2. The number of rotatable bonds is 10. The Morgan fingerprint density at radius 1 is 0.893 bits per heavy atom. The summed E-state index contributed by atoms with van der Waals surface area (Å²) >= 11 is 0. The first-order valence-corrected chi connectivity index (χ1v) is 9.21. The third-order valence-corrected chi connectivity index (χ3v) is 4.56. The van der Waals surface area contributed by atoms with Gasteiger partial charge < -0.3 is 24.3 Å². The zero-order valence-corrected chi connectivity index (χ0v) is 17.2. The van der Waals surface area contributed by atoms with Crippen molar-refractivity contribution in [3.63, 3.8) is 0 Å². The van der Waals surface area contributed by atoms with Gasteiger partial charge >= 0.3 is 0 Å². The summed E-state index contributed by atoms with van der Waals surface area (Å²) in [4.78, 5) is 12.4. The van der Waals surface area contributed by atoms with Gasteiger partial charge in [-0.3, -0.25) is 4.79 Å². The van der Waals surface area contributed by atoms with Gasteiger partial charge in [0.25, 0.3) is 0 Å². The molecule has 6 nitrogen and oxygen atoms in total. The van der Waals surface area contributed by atoms with E-state index in [-0.39, 0.29) is 18.4 Å². The third-order valence-electron chi connectivity index (χ3n) is 4.56. The van der Waals surface area contributed by atoms with Crippen LogP contribution in [0.1, 0.15) is 24.5 Å². The molecule has 0 saturated carbocycles. The van der Waals surface area contributed by atoms with Crippen LogP contribution in [-0.2, 0) is 17.6 Å². The molecule has 0 spiro atoms. The van der Waals surface area contributed by atoms with Crippen LogP contribution in [0.25, 0.3) is 0 Å². The van der Waals surface area contributed by atoms with Gasteiger partial charge in [-0.15, -0.1) is 0 Å². The van der Waals surface area contributed by atoms with E-state index in [9.17, 15) is 4.79 Å². The molecule has 0 bridgehead atoms. The summed E-state index contributed by atoms with van der Waals surface area (Å²) in [5.41, 5.74) is 1.96. The minimum absolute atomic E-state index is 0.0265. The molecule has 152 valence electrons. The zero-order valence-electron chi connectivity index (χ0n) is 17.2. The molecule has 0 aliphatic heterocycles. The number of aryl methyl sites for hydroxylation is 1. The summed E-state index contributed by atoms with van der Waals surface area (Å²) in [6.45, 7) is 2.00. The monoisotopic (exact) mass is 387 g/mol. The summed E-state index contributed by atoms with van der Waals surface area (Å²) in [6.07, 6.45) is 1.89. The highest BCUT2D eigenvalue weighted by Gasteiger charge is 2.12. The average molecular weight is 387 g/mol. The Morgan fingerprint density at radius 2 is 1.61 bits per heavy atom. The van der Waals surface area contributed by atoms with Gasteiger partial charge in [-0.1, -0.05) is 12.1 Å². The maximum atomic E-state index is 12.4. The van der Waals surface area contributed by atoms with E-state index in [1.165, 1.54) is 0 Å². The summed E-state index contributed by atoms with van der Waals surface area (Å²) in [5.74, 6) is 2.79. The highest BCUT2D eigenvalue weighted by molar-refractivity contribution is 5.79. The Bertz CT molecular complexity index is 790. The molecule has 1 N–H and O–H groups in total. The van der Waals surface area contributed by atoms with Crippen molar-refractivity contribution in [2.75, 3.05) is 28.4 Å². The fourth-order valence-electron chi connectivity index (χ4n) is 3.00. The molecular weight excluding hydrogens is 358 g/mol. The predicted octanol–water partition coefficient (Wildman–Crippen LogP) is 3.40. The van der Waals surface area contributed by atoms with Gasteiger partial charge in [0.15, 0.2) is 11.5 Å². The first kappa shape index (κ1) is 21.4. The van der Waals surface area contributed by atoms with Gasteiger partial charge in [0.05, 0.1) is 34.9 Å². The number of carbonyl (C=O) groups is 1. The van der Waals surface area contributed by atoms with E-state index in [0.29, 0.717) is 11.5 Å². The molecule has 2 aromatic rings. The van der Waals surface area contributed by atoms with Gasteiger partial charge in [0.2, 0.25) is 5.91 Å². The second-order valence-electron chi connectivity index (χ2n) is 6.55. The van der Waals surface area contributed by atoms with Gasteiger partial charge in [0, 0.05) is 12.1 Å². The van der Waals surface area contributed by atoms with Crippen molar-refractivity contribution >= 4 is 5.91 Å². The van der Waals surface area contributed by atoms with Crippen molar-refractivity contribution in [2.24, 2.45) is 0 Å². The molecule has 0 saturated heterocycles. The first-order chi connectivity index (χ1) is 13.5. The Labute approximate surface area is 166 Å². The minimum atomic E-state index is -0.0265. The van der Waals surface area contributed by atoms with E-state index in [2.05, 4.69) is 5.32 Å². The molecule has 2 aromatic carbocycles. The number of carbonyl (C=O) groups excluding carboxylic acids is 1. The predicted molar refractivity (Wildman–Crippen MR) is 109 cm³/mol. The zero-order chi connectivity index (χ0) is 20.5. The molecule has 1 amide bonds. The Kier molecular flexibility index (Phi) is 7.99. The van der Waals surface area contributed by atoms with E-state index in [1.54, 1.807) is 34.5 Å². The quantitative estimate of drug-likeness (QED) is 0.677. The molecule has 28 heavy (non-hydrogen) atoms. The second kappa shape index (κ2) is 10.4. The Balaban J connectivity index is 1.89. The van der Waals surface area contributed by atoms with E-state index in [1.807, 2.05) is 37.3 Å². The molecule has 1 atom stereocenters. The van der Waals surface area contributed by atoms with Crippen LogP contribution in [0.2, 0.25) is 0 Å². The molecule has 6 heteroatoms. The van der Waals surface area contributed by atoms with Crippen LogP contribution in [0.5, 0.6) is 23.0 Å². The highest BCUT2D eigenvalue weighted by atomic mass is 16.5. The highest BCUT2D eigenvalue weighted by Crippen LogP contribution is 2.28. The van der Waals surface area contributed by atoms with Gasteiger partial charge in [-0.25, -0.2) is 0 Å². The number of ether oxygens (including phenoxy) is 4. The van der Waals surface area contributed by atoms with Crippen LogP contribution < -0.4 is 24.3 Å². The summed E-state index contributed by atoms with van der Waals surface area (Å²) in [6, 6.07) is 11.3. The number of nitrogens with one attached hydrogen (secondary N) is 1. The number of amides is 1. The smallest absolute Gasteiger partial charge is 0.224 e. The first-order valence-electron chi connectivity index (χ1n) is 9.21. The lowest BCUT2D eigenvalue weighted by Crippen LogP contribution is -2.34.